The molecule has 1 N–H and O–H groups in total. The molecule has 1 aliphatic carbocycles. The molecule has 100 valence electrons. The Labute approximate surface area is 107 Å². The minimum absolute atomic E-state index is 0.449. The van der Waals surface area contributed by atoms with Gasteiger partial charge in [0.25, 0.3) is 0 Å². The van der Waals surface area contributed by atoms with E-state index in [0.29, 0.717) is 6.04 Å². The Morgan fingerprint density at radius 1 is 1.24 bits per heavy atom. The van der Waals surface area contributed by atoms with Crippen LogP contribution < -0.4 is 5.32 Å². The molecule has 2 nitrogen and oxygen atoms in total. The summed E-state index contributed by atoms with van der Waals surface area (Å²) < 4.78 is 5.72. The Bertz CT molecular complexity index is 213. The molecule has 0 aromatic rings. The zero-order chi connectivity index (χ0) is 12.3. The van der Waals surface area contributed by atoms with Gasteiger partial charge in [0.15, 0.2) is 0 Å². The SMILES string of the molecule is CCCOCC(NCC)C1=CCCCCCC1. The summed E-state index contributed by atoms with van der Waals surface area (Å²) in [6, 6.07) is 0.449. The van der Waals surface area contributed by atoms with Crippen LogP contribution in [0.15, 0.2) is 11.6 Å². The van der Waals surface area contributed by atoms with Crippen molar-refractivity contribution >= 4 is 0 Å². The molecule has 0 heterocycles. The van der Waals surface area contributed by atoms with Gasteiger partial charge in [-0.2, -0.15) is 0 Å². The average molecular weight is 239 g/mol. The van der Waals surface area contributed by atoms with Gasteiger partial charge in [0.1, 0.15) is 0 Å². The summed E-state index contributed by atoms with van der Waals surface area (Å²) in [5, 5.41) is 3.57. The van der Waals surface area contributed by atoms with Crippen molar-refractivity contribution in [2.45, 2.75) is 64.8 Å². The summed E-state index contributed by atoms with van der Waals surface area (Å²) >= 11 is 0. The minimum atomic E-state index is 0.449. The molecule has 0 amide bonds. The number of likely N-dealkylation sites (N-methyl/N-ethyl adjacent to an activating group) is 1. The van der Waals surface area contributed by atoms with Gasteiger partial charge in [-0.25, -0.2) is 0 Å². The predicted molar refractivity (Wildman–Crippen MR) is 74.4 cm³/mol. The fourth-order valence-corrected chi connectivity index (χ4v) is 2.42. The number of rotatable bonds is 7. The van der Waals surface area contributed by atoms with Crippen LogP contribution in [0.25, 0.3) is 0 Å². The van der Waals surface area contributed by atoms with Gasteiger partial charge in [-0.05, 0) is 38.6 Å². The maximum atomic E-state index is 5.72. The topological polar surface area (TPSA) is 21.3 Å². The summed E-state index contributed by atoms with van der Waals surface area (Å²) in [5.74, 6) is 0. The lowest BCUT2D eigenvalue weighted by Gasteiger charge is -2.23. The van der Waals surface area contributed by atoms with Gasteiger partial charge < -0.3 is 10.1 Å². The molecule has 1 rings (SSSR count). The third kappa shape index (κ3) is 6.23. The molecule has 2 heteroatoms. The van der Waals surface area contributed by atoms with E-state index in [1.54, 1.807) is 5.57 Å². The highest BCUT2D eigenvalue weighted by Gasteiger charge is 2.14. The first kappa shape index (κ1) is 14.7. The lowest BCUT2D eigenvalue weighted by molar-refractivity contribution is 0.119. The largest absolute Gasteiger partial charge is 0.379 e. The van der Waals surface area contributed by atoms with Crippen molar-refractivity contribution in [3.05, 3.63) is 11.6 Å². The highest BCUT2D eigenvalue weighted by molar-refractivity contribution is 5.11. The Hall–Kier alpha value is -0.340. The van der Waals surface area contributed by atoms with Crippen molar-refractivity contribution in [3.8, 4) is 0 Å². The van der Waals surface area contributed by atoms with Crippen molar-refractivity contribution < 1.29 is 4.74 Å². The second-order valence-corrected chi connectivity index (χ2v) is 4.92. The number of hydrogen-bond acceptors (Lipinski definition) is 2. The van der Waals surface area contributed by atoms with E-state index in [2.05, 4.69) is 25.2 Å². The smallest absolute Gasteiger partial charge is 0.0658 e. The Morgan fingerprint density at radius 3 is 2.82 bits per heavy atom. The fraction of sp³-hybridized carbons (Fsp3) is 0.867. The van der Waals surface area contributed by atoms with Crippen molar-refractivity contribution in [2.24, 2.45) is 0 Å². The van der Waals surface area contributed by atoms with Crippen LogP contribution in [-0.2, 0) is 4.74 Å². The molecule has 0 saturated heterocycles. The maximum absolute atomic E-state index is 5.72. The summed E-state index contributed by atoms with van der Waals surface area (Å²) in [6.07, 6.45) is 11.6. The van der Waals surface area contributed by atoms with Crippen LogP contribution in [0.4, 0.5) is 0 Å². The quantitative estimate of drug-likeness (QED) is 0.540. The maximum Gasteiger partial charge on any atom is 0.0658 e. The van der Waals surface area contributed by atoms with E-state index >= 15 is 0 Å². The highest BCUT2D eigenvalue weighted by Crippen LogP contribution is 2.19. The van der Waals surface area contributed by atoms with Gasteiger partial charge in [-0.3, -0.25) is 0 Å². The van der Waals surface area contributed by atoms with E-state index in [0.717, 1.165) is 26.2 Å². The van der Waals surface area contributed by atoms with Crippen LogP contribution in [-0.4, -0.2) is 25.8 Å². The zero-order valence-corrected chi connectivity index (χ0v) is 11.6. The number of allylic oxidation sites excluding steroid dienone is 1. The Kier molecular flexibility index (Phi) is 8.37. The third-order valence-corrected chi connectivity index (χ3v) is 3.36. The molecule has 0 saturated carbocycles. The van der Waals surface area contributed by atoms with Crippen LogP contribution in [0.5, 0.6) is 0 Å². The van der Waals surface area contributed by atoms with Crippen LogP contribution in [0.3, 0.4) is 0 Å². The van der Waals surface area contributed by atoms with Crippen LogP contribution in [0.1, 0.15) is 58.8 Å². The fourth-order valence-electron chi connectivity index (χ4n) is 2.42. The lowest BCUT2D eigenvalue weighted by atomic mass is 9.95. The molecule has 0 bridgehead atoms. The zero-order valence-electron chi connectivity index (χ0n) is 11.6. The molecular formula is C15H29NO. The van der Waals surface area contributed by atoms with Crippen LogP contribution in [0.2, 0.25) is 0 Å². The number of ether oxygens (including phenoxy) is 1. The molecule has 1 aliphatic rings. The van der Waals surface area contributed by atoms with Crippen molar-refractivity contribution in [1.29, 1.82) is 0 Å². The second kappa shape index (κ2) is 9.67. The van der Waals surface area contributed by atoms with Gasteiger partial charge >= 0.3 is 0 Å². The van der Waals surface area contributed by atoms with Gasteiger partial charge in [0.05, 0.1) is 12.6 Å². The van der Waals surface area contributed by atoms with Crippen molar-refractivity contribution in [1.82, 2.24) is 5.32 Å². The second-order valence-electron chi connectivity index (χ2n) is 4.92. The first-order valence-electron chi connectivity index (χ1n) is 7.38. The molecule has 17 heavy (non-hydrogen) atoms. The Balaban J connectivity index is 2.46. The molecule has 0 aromatic heterocycles. The van der Waals surface area contributed by atoms with E-state index in [1.807, 2.05) is 0 Å². The van der Waals surface area contributed by atoms with E-state index in [1.165, 1.54) is 38.5 Å². The van der Waals surface area contributed by atoms with Gasteiger partial charge in [-0.1, -0.05) is 38.3 Å². The summed E-state index contributed by atoms with van der Waals surface area (Å²) in [5.41, 5.74) is 1.59. The van der Waals surface area contributed by atoms with Crippen LogP contribution in [0, 0.1) is 0 Å². The highest BCUT2D eigenvalue weighted by atomic mass is 16.5. The Morgan fingerprint density at radius 2 is 2.06 bits per heavy atom. The van der Waals surface area contributed by atoms with E-state index < -0.39 is 0 Å². The lowest BCUT2D eigenvalue weighted by Crippen LogP contribution is -2.35. The first-order valence-corrected chi connectivity index (χ1v) is 7.38. The third-order valence-electron chi connectivity index (χ3n) is 3.36. The normalized spacial score (nSPS) is 19.3. The molecule has 0 spiro atoms. The van der Waals surface area contributed by atoms with Gasteiger partial charge in [0, 0.05) is 6.61 Å². The monoisotopic (exact) mass is 239 g/mol. The molecule has 0 fully saturated rings. The predicted octanol–water partition coefficient (Wildman–Crippen LogP) is 3.67. The summed E-state index contributed by atoms with van der Waals surface area (Å²) in [6.45, 7) is 7.09. The summed E-state index contributed by atoms with van der Waals surface area (Å²) in [7, 11) is 0. The summed E-state index contributed by atoms with van der Waals surface area (Å²) in [4.78, 5) is 0. The van der Waals surface area contributed by atoms with Gasteiger partial charge in [-0.15, -0.1) is 0 Å². The van der Waals surface area contributed by atoms with Crippen molar-refractivity contribution in [2.75, 3.05) is 19.8 Å². The average Bonchev–Trinajstić information content (AvgIpc) is 2.28. The molecule has 0 aliphatic heterocycles. The van der Waals surface area contributed by atoms with Crippen LogP contribution >= 0.6 is 0 Å². The molecule has 1 unspecified atom stereocenters. The van der Waals surface area contributed by atoms with Gasteiger partial charge in [0.2, 0.25) is 0 Å². The number of hydrogen-bond donors (Lipinski definition) is 1. The van der Waals surface area contributed by atoms with E-state index in [4.69, 9.17) is 4.74 Å². The number of nitrogens with one attached hydrogen (secondary N) is 1. The standard InChI is InChI=1S/C15H29NO/c1-3-12-17-13-15(16-4-2)14-10-8-6-5-7-9-11-14/h10,15-16H,3-9,11-13H2,1-2H3. The molecule has 1 atom stereocenters. The molecule has 0 aromatic carbocycles. The van der Waals surface area contributed by atoms with E-state index in [-0.39, 0.29) is 0 Å². The molecule has 0 radical (unpaired) electrons. The molecular weight excluding hydrogens is 210 g/mol. The minimum Gasteiger partial charge on any atom is -0.379 e. The first-order chi connectivity index (χ1) is 8.38. The van der Waals surface area contributed by atoms with E-state index in [9.17, 15) is 0 Å². The van der Waals surface area contributed by atoms with Crippen molar-refractivity contribution in [3.63, 3.8) is 0 Å².